The van der Waals surface area contributed by atoms with Crippen molar-refractivity contribution in [2.75, 3.05) is 6.54 Å². The van der Waals surface area contributed by atoms with Gasteiger partial charge in [-0.1, -0.05) is 18.9 Å². The van der Waals surface area contributed by atoms with Crippen LogP contribution in [0.5, 0.6) is 0 Å². The minimum Gasteiger partial charge on any atom is -0.481 e. The molecule has 0 aromatic carbocycles. The molecular formula is C16H20N4O3. The number of carbonyl (C=O) groups is 2. The van der Waals surface area contributed by atoms with Gasteiger partial charge in [0, 0.05) is 25.4 Å². The van der Waals surface area contributed by atoms with Crippen LogP contribution in [0.25, 0.3) is 5.82 Å². The lowest BCUT2D eigenvalue weighted by atomic mass is 10.1. The van der Waals surface area contributed by atoms with Crippen molar-refractivity contribution in [1.82, 2.24) is 20.1 Å². The Morgan fingerprint density at radius 1 is 1.13 bits per heavy atom. The van der Waals surface area contributed by atoms with Crippen molar-refractivity contribution in [3.05, 3.63) is 42.4 Å². The molecule has 23 heavy (non-hydrogen) atoms. The smallest absolute Gasteiger partial charge is 0.303 e. The number of hydrogen-bond donors (Lipinski definition) is 2. The molecule has 0 aliphatic rings. The number of aliphatic carboxylic acids is 1. The Balaban J connectivity index is 1.74. The van der Waals surface area contributed by atoms with Crippen LogP contribution < -0.4 is 5.32 Å². The molecule has 7 nitrogen and oxygen atoms in total. The fraction of sp³-hybridized carbons (Fsp3) is 0.375. The highest BCUT2D eigenvalue weighted by Crippen LogP contribution is 2.05. The number of carbonyl (C=O) groups excluding carboxylic acids is 1. The van der Waals surface area contributed by atoms with Crippen molar-refractivity contribution in [1.29, 1.82) is 0 Å². The summed E-state index contributed by atoms with van der Waals surface area (Å²) in [6.45, 7) is 0.555. The third kappa shape index (κ3) is 5.54. The van der Waals surface area contributed by atoms with Crippen LogP contribution in [0.1, 0.15) is 42.6 Å². The van der Waals surface area contributed by atoms with Crippen LogP contribution in [-0.4, -0.2) is 38.3 Å². The Labute approximate surface area is 134 Å². The van der Waals surface area contributed by atoms with Gasteiger partial charge in [-0.05, 0) is 31.0 Å². The molecule has 2 rings (SSSR count). The van der Waals surface area contributed by atoms with E-state index in [4.69, 9.17) is 5.11 Å². The molecule has 0 fully saturated rings. The first-order chi connectivity index (χ1) is 11.2. The Hall–Kier alpha value is -2.70. The van der Waals surface area contributed by atoms with Crippen molar-refractivity contribution in [3.63, 3.8) is 0 Å². The lowest BCUT2D eigenvalue weighted by Gasteiger charge is -2.06. The molecule has 0 unspecified atom stereocenters. The number of amides is 1. The van der Waals surface area contributed by atoms with E-state index in [1.807, 2.05) is 0 Å². The molecule has 2 aromatic heterocycles. The van der Waals surface area contributed by atoms with E-state index >= 15 is 0 Å². The Bertz CT molecular complexity index is 641. The SMILES string of the molecule is O=C(O)CCCCCCNC(=O)c1cccc(-n2cccn2)n1. The summed E-state index contributed by atoms with van der Waals surface area (Å²) in [6.07, 6.45) is 6.88. The summed E-state index contributed by atoms with van der Waals surface area (Å²) in [5, 5.41) is 15.4. The zero-order valence-corrected chi connectivity index (χ0v) is 12.8. The van der Waals surface area contributed by atoms with E-state index in [0.717, 1.165) is 19.3 Å². The van der Waals surface area contributed by atoms with E-state index in [9.17, 15) is 9.59 Å². The molecule has 122 valence electrons. The third-order valence-corrected chi connectivity index (χ3v) is 3.31. The second kappa shape index (κ2) is 8.67. The molecule has 0 radical (unpaired) electrons. The van der Waals surface area contributed by atoms with Gasteiger partial charge in [0.05, 0.1) is 0 Å². The molecule has 2 N–H and O–H groups in total. The molecule has 2 aromatic rings. The predicted molar refractivity (Wildman–Crippen MR) is 84.4 cm³/mol. The fourth-order valence-corrected chi connectivity index (χ4v) is 2.13. The van der Waals surface area contributed by atoms with E-state index in [0.29, 0.717) is 24.5 Å². The standard InChI is InChI=1S/C16H20N4O3/c21-15(22)9-3-1-2-4-10-17-16(23)13-7-5-8-14(19-13)20-12-6-11-18-20/h5-8,11-12H,1-4,9-10H2,(H,17,23)(H,21,22). The van der Waals surface area contributed by atoms with Crippen LogP contribution in [0.4, 0.5) is 0 Å². The monoisotopic (exact) mass is 316 g/mol. The first kappa shape index (κ1) is 16.7. The number of unbranched alkanes of at least 4 members (excludes halogenated alkanes) is 3. The predicted octanol–water partition coefficient (Wildman–Crippen LogP) is 2.03. The highest BCUT2D eigenvalue weighted by atomic mass is 16.4. The van der Waals surface area contributed by atoms with Crippen molar-refractivity contribution >= 4 is 11.9 Å². The molecular weight excluding hydrogens is 296 g/mol. The van der Waals surface area contributed by atoms with Gasteiger partial charge in [0.15, 0.2) is 5.82 Å². The van der Waals surface area contributed by atoms with Gasteiger partial charge < -0.3 is 10.4 Å². The van der Waals surface area contributed by atoms with Gasteiger partial charge in [0.2, 0.25) is 0 Å². The minimum atomic E-state index is -0.763. The van der Waals surface area contributed by atoms with E-state index < -0.39 is 5.97 Å². The topological polar surface area (TPSA) is 97.1 Å². The fourth-order valence-electron chi connectivity index (χ4n) is 2.13. The number of carboxylic acids is 1. The van der Waals surface area contributed by atoms with Gasteiger partial charge >= 0.3 is 5.97 Å². The van der Waals surface area contributed by atoms with Crippen LogP contribution in [-0.2, 0) is 4.79 Å². The summed E-state index contributed by atoms with van der Waals surface area (Å²) in [7, 11) is 0. The molecule has 0 aliphatic carbocycles. The summed E-state index contributed by atoms with van der Waals surface area (Å²) in [5.74, 6) is -0.387. The number of aromatic nitrogens is 3. The molecule has 2 heterocycles. The van der Waals surface area contributed by atoms with E-state index in [-0.39, 0.29) is 12.3 Å². The van der Waals surface area contributed by atoms with Gasteiger partial charge in [0.1, 0.15) is 5.69 Å². The van der Waals surface area contributed by atoms with Gasteiger partial charge in [-0.2, -0.15) is 5.10 Å². The van der Waals surface area contributed by atoms with Crippen molar-refractivity contribution < 1.29 is 14.7 Å². The average molecular weight is 316 g/mol. The average Bonchev–Trinajstić information content (AvgIpc) is 3.08. The Morgan fingerprint density at radius 2 is 1.96 bits per heavy atom. The molecule has 0 spiro atoms. The second-order valence-electron chi connectivity index (χ2n) is 5.15. The zero-order valence-electron chi connectivity index (χ0n) is 12.8. The lowest BCUT2D eigenvalue weighted by molar-refractivity contribution is -0.137. The molecule has 0 saturated carbocycles. The van der Waals surface area contributed by atoms with E-state index in [1.54, 1.807) is 41.3 Å². The molecule has 0 bridgehead atoms. The van der Waals surface area contributed by atoms with Crippen molar-refractivity contribution in [2.24, 2.45) is 0 Å². The van der Waals surface area contributed by atoms with E-state index in [2.05, 4.69) is 15.4 Å². The first-order valence-corrected chi connectivity index (χ1v) is 7.64. The maximum Gasteiger partial charge on any atom is 0.303 e. The van der Waals surface area contributed by atoms with Crippen LogP contribution in [0.15, 0.2) is 36.7 Å². The van der Waals surface area contributed by atoms with Crippen LogP contribution in [0, 0.1) is 0 Å². The van der Waals surface area contributed by atoms with Crippen LogP contribution in [0.3, 0.4) is 0 Å². The maximum absolute atomic E-state index is 12.1. The first-order valence-electron chi connectivity index (χ1n) is 7.64. The minimum absolute atomic E-state index is 0.205. The number of nitrogens with zero attached hydrogens (tertiary/aromatic N) is 3. The Morgan fingerprint density at radius 3 is 2.70 bits per heavy atom. The number of carboxylic acid groups (broad SMARTS) is 1. The summed E-state index contributed by atoms with van der Waals surface area (Å²) < 4.78 is 1.60. The van der Waals surface area contributed by atoms with Gasteiger partial charge in [-0.15, -0.1) is 0 Å². The van der Waals surface area contributed by atoms with Crippen molar-refractivity contribution in [2.45, 2.75) is 32.1 Å². The normalized spacial score (nSPS) is 10.4. The van der Waals surface area contributed by atoms with Gasteiger partial charge in [-0.3, -0.25) is 9.59 Å². The van der Waals surface area contributed by atoms with Crippen LogP contribution in [0.2, 0.25) is 0 Å². The molecule has 1 amide bonds. The summed E-state index contributed by atoms with van der Waals surface area (Å²) >= 11 is 0. The number of nitrogens with one attached hydrogen (secondary N) is 1. The highest BCUT2D eigenvalue weighted by Gasteiger charge is 2.08. The number of pyridine rings is 1. The molecule has 7 heteroatoms. The largest absolute Gasteiger partial charge is 0.481 e. The second-order valence-corrected chi connectivity index (χ2v) is 5.15. The van der Waals surface area contributed by atoms with Gasteiger partial charge in [0.25, 0.3) is 5.91 Å². The summed E-state index contributed by atoms with van der Waals surface area (Å²) in [6, 6.07) is 7.00. The Kier molecular flexibility index (Phi) is 6.28. The zero-order chi connectivity index (χ0) is 16.5. The van der Waals surface area contributed by atoms with Gasteiger partial charge in [-0.25, -0.2) is 9.67 Å². The number of rotatable bonds is 9. The third-order valence-electron chi connectivity index (χ3n) is 3.31. The molecule has 0 atom stereocenters. The van der Waals surface area contributed by atoms with Crippen molar-refractivity contribution in [3.8, 4) is 5.82 Å². The highest BCUT2D eigenvalue weighted by molar-refractivity contribution is 5.92. The molecule has 0 saturated heterocycles. The quantitative estimate of drug-likeness (QED) is 0.690. The van der Waals surface area contributed by atoms with E-state index in [1.165, 1.54) is 0 Å². The maximum atomic E-state index is 12.1. The lowest BCUT2D eigenvalue weighted by Crippen LogP contribution is -2.25. The summed E-state index contributed by atoms with van der Waals surface area (Å²) in [5.41, 5.74) is 0.351. The summed E-state index contributed by atoms with van der Waals surface area (Å²) in [4.78, 5) is 26.7. The van der Waals surface area contributed by atoms with Crippen LogP contribution >= 0.6 is 0 Å². The number of hydrogen-bond acceptors (Lipinski definition) is 4. The molecule has 0 aliphatic heterocycles.